The molecule has 3 heteroatoms. The lowest BCUT2D eigenvalue weighted by molar-refractivity contribution is 0.356. The Hall–Kier alpha value is -2.55. The second kappa shape index (κ2) is 5.44. The van der Waals surface area contributed by atoms with Crippen LogP contribution in [0.4, 0.5) is 0 Å². The standard InChI is InChI=1S/C18H17NO2/c1-12-14-9-17(20-2)18(21-3)10-15(14)16(11-19-12)13-7-5-4-6-8-13/h4-11H,1-3H3. The van der Waals surface area contributed by atoms with Crippen LogP contribution in [0.5, 0.6) is 11.5 Å². The molecule has 0 aliphatic carbocycles. The number of aromatic nitrogens is 1. The van der Waals surface area contributed by atoms with Gasteiger partial charge in [0.05, 0.1) is 14.2 Å². The lowest BCUT2D eigenvalue weighted by Crippen LogP contribution is -1.94. The number of hydrogen-bond acceptors (Lipinski definition) is 3. The van der Waals surface area contributed by atoms with E-state index in [1.54, 1.807) is 14.2 Å². The zero-order valence-corrected chi connectivity index (χ0v) is 12.4. The van der Waals surface area contributed by atoms with E-state index < -0.39 is 0 Å². The summed E-state index contributed by atoms with van der Waals surface area (Å²) in [4.78, 5) is 4.52. The van der Waals surface area contributed by atoms with Gasteiger partial charge in [-0.3, -0.25) is 4.98 Å². The number of rotatable bonds is 3. The molecule has 0 unspecified atom stereocenters. The second-order valence-corrected chi connectivity index (χ2v) is 4.88. The topological polar surface area (TPSA) is 31.4 Å². The SMILES string of the molecule is COc1cc2c(-c3ccccc3)cnc(C)c2cc1OC. The largest absolute Gasteiger partial charge is 0.493 e. The molecule has 0 radical (unpaired) electrons. The molecule has 1 heterocycles. The number of methoxy groups -OCH3 is 2. The van der Waals surface area contributed by atoms with Crippen LogP contribution < -0.4 is 9.47 Å². The van der Waals surface area contributed by atoms with E-state index in [1.807, 2.05) is 43.5 Å². The van der Waals surface area contributed by atoms with Crippen LogP contribution in [0.15, 0.2) is 48.7 Å². The Morgan fingerprint density at radius 2 is 1.48 bits per heavy atom. The van der Waals surface area contributed by atoms with Crippen molar-refractivity contribution in [3.8, 4) is 22.6 Å². The Morgan fingerprint density at radius 3 is 2.10 bits per heavy atom. The van der Waals surface area contributed by atoms with Gasteiger partial charge in [-0.05, 0) is 30.0 Å². The van der Waals surface area contributed by atoms with Crippen LogP contribution >= 0.6 is 0 Å². The second-order valence-electron chi connectivity index (χ2n) is 4.88. The monoisotopic (exact) mass is 279 g/mol. The van der Waals surface area contributed by atoms with Crippen molar-refractivity contribution < 1.29 is 9.47 Å². The molecule has 0 saturated carbocycles. The molecule has 3 nitrogen and oxygen atoms in total. The maximum atomic E-state index is 5.43. The van der Waals surface area contributed by atoms with E-state index in [0.717, 1.165) is 39.1 Å². The van der Waals surface area contributed by atoms with E-state index in [-0.39, 0.29) is 0 Å². The van der Waals surface area contributed by atoms with Gasteiger partial charge in [0, 0.05) is 22.8 Å². The first kappa shape index (κ1) is 13.4. The fourth-order valence-corrected chi connectivity index (χ4v) is 2.55. The van der Waals surface area contributed by atoms with Gasteiger partial charge >= 0.3 is 0 Å². The van der Waals surface area contributed by atoms with Gasteiger partial charge in [0.25, 0.3) is 0 Å². The summed E-state index contributed by atoms with van der Waals surface area (Å²) < 4.78 is 10.8. The van der Waals surface area contributed by atoms with Crippen molar-refractivity contribution in [2.45, 2.75) is 6.92 Å². The maximum absolute atomic E-state index is 5.43. The summed E-state index contributed by atoms with van der Waals surface area (Å²) in [5.41, 5.74) is 3.21. The molecule has 0 fully saturated rings. The van der Waals surface area contributed by atoms with E-state index in [9.17, 15) is 0 Å². The highest BCUT2D eigenvalue weighted by molar-refractivity contribution is 5.99. The number of ether oxygens (including phenoxy) is 2. The van der Waals surface area contributed by atoms with E-state index in [4.69, 9.17) is 9.47 Å². The Balaban J connectivity index is 2.35. The van der Waals surface area contributed by atoms with Crippen molar-refractivity contribution in [1.29, 1.82) is 0 Å². The Bertz CT molecular complexity index is 782. The van der Waals surface area contributed by atoms with Crippen molar-refractivity contribution in [3.63, 3.8) is 0 Å². The number of aryl methyl sites for hydroxylation is 1. The summed E-state index contributed by atoms with van der Waals surface area (Å²) in [6.07, 6.45) is 1.92. The molecule has 106 valence electrons. The smallest absolute Gasteiger partial charge is 0.161 e. The molecule has 0 aliphatic heterocycles. The van der Waals surface area contributed by atoms with E-state index in [2.05, 4.69) is 17.1 Å². The average molecular weight is 279 g/mol. The summed E-state index contributed by atoms with van der Waals surface area (Å²) >= 11 is 0. The Kier molecular flexibility index (Phi) is 3.48. The van der Waals surface area contributed by atoms with Crippen LogP contribution in [-0.2, 0) is 0 Å². The molecule has 3 aromatic rings. The van der Waals surface area contributed by atoms with Crippen LogP contribution in [0.1, 0.15) is 5.69 Å². The summed E-state index contributed by atoms with van der Waals surface area (Å²) in [5, 5.41) is 2.19. The molecule has 0 saturated heterocycles. The van der Waals surface area contributed by atoms with Gasteiger partial charge in [-0.2, -0.15) is 0 Å². The van der Waals surface area contributed by atoms with Crippen molar-refractivity contribution in [2.24, 2.45) is 0 Å². The fourth-order valence-electron chi connectivity index (χ4n) is 2.55. The Labute approximate surface area is 124 Å². The third-order valence-electron chi connectivity index (χ3n) is 3.68. The summed E-state index contributed by atoms with van der Waals surface area (Å²) in [6, 6.07) is 14.2. The van der Waals surface area contributed by atoms with Crippen molar-refractivity contribution >= 4 is 10.8 Å². The lowest BCUT2D eigenvalue weighted by atomic mass is 9.99. The minimum Gasteiger partial charge on any atom is -0.493 e. The fraction of sp³-hybridized carbons (Fsp3) is 0.167. The van der Waals surface area contributed by atoms with E-state index in [1.165, 1.54) is 0 Å². The molecule has 1 aromatic heterocycles. The normalized spacial score (nSPS) is 10.6. The van der Waals surface area contributed by atoms with Crippen LogP contribution in [0.25, 0.3) is 21.9 Å². The molecule has 0 aliphatic rings. The first-order chi connectivity index (χ1) is 10.2. The third-order valence-corrected chi connectivity index (χ3v) is 3.68. The summed E-state index contributed by atoms with van der Waals surface area (Å²) in [5.74, 6) is 1.45. The molecule has 21 heavy (non-hydrogen) atoms. The molecule has 0 atom stereocenters. The van der Waals surface area contributed by atoms with E-state index >= 15 is 0 Å². The summed E-state index contributed by atoms with van der Waals surface area (Å²) in [6.45, 7) is 2.00. The van der Waals surface area contributed by atoms with Gasteiger partial charge in [0.15, 0.2) is 11.5 Å². The Morgan fingerprint density at radius 1 is 0.857 bits per heavy atom. The minimum atomic E-state index is 0.722. The molecule has 0 spiro atoms. The predicted molar refractivity (Wildman–Crippen MR) is 85.0 cm³/mol. The molecule has 3 rings (SSSR count). The predicted octanol–water partition coefficient (Wildman–Crippen LogP) is 4.23. The maximum Gasteiger partial charge on any atom is 0.161 e. The van der Waals surface area contributed by atoms with Crippen LogP contribution in [0.2, 0.25) is 0 Å². The quantitative estimate of drug-likeness (QED) is 0.719. The van der Waals surface area contributed by atoms with Gasteiger partial charge < -0.3 is 9.47 Å². The van der Waals surface area contributed by atoms with Crippen molar-refractivity contribution in [2.75, 3.05) is 14.2 Å². The van der Waals surface area contributed by atoms with Crippen molar-refractivity contribution in [1.82, 2.24) is 4.98 Å². The van der Waals surface area contributed by atoms with Gasteiger partial charge in [-0.15, -0.1) is 0 Å². The molecule has 0 N–H and O–H groups in total. The average Bonchev–Trinajstić information content (AvgIpc) is 2.55. The molecular weight excluding hydrogens is 262 g/mol. The highest BCUT2D eigenvalue weighted by Gasteiger charge is 2.12. The van der Waals surface area contributed by atoms with Crippen LogP contribution in [0, 0.1) is 6.92 Å². The number of fused-ring (bicyclic) bond motifs is 1. The van der Waals surface area contributed by atoms with Gasteiger partial charge in [0.2, 0.25) is 0 Å². The van der Waals surface area contributed by atoms with Gasteiger partial charge in [0.1, 0.15) is 0 Å². The highest BCUT2D eigenvalue weighted by atomic mass is 16.5. The van der Waals surface area contributed by atoms with Crippen LogP contribution in [0.3, 0.4) is 0 Å². The first-order valence-electron chi connectivity index (χ1n) is 6.81. The minimum absolute atomic E-state index is 0.722. The lowest BCUT2D eigenvalue weighted by Gasteiger charge is -2.13. The van der Waals surface area contributed by atoms with Gasteiger partial charge in [-0.25, -0.2) is 0 Å². The number of hydrogen-bond donors (Lipinski definition) is 0. The third kappa shape index (κ3) is 2.31. The number of benzene rings is 2. The summed E-state index contributed by atoms with van der Waals surface area (Å²) in [7, 11) is 3.30. The zero-order valence-electron chi connectivity index (χ0n) is 12.4. The molecule has 0 bridgehead atoms. The molecule has 2 aromatic carbocycles. The van der Waals surface area contributed by atoms with Crippen molar-refractivity contribution in [3.05, 3.63) is 54.4 Å². The highest BCUT2D eigenvalue weighted by Crippen LogP contribution is 2.37. The molecule has 0 amide bonds. The first-order valence-corrected chi connectivity index (χ1v) is 6.81. The zero-order chi connectivity index (χ0) is 14.8. The molecular formula is C18H17NO2. The van der Waals surface area contributed by atoms with E-state index in [0.29, 0.717) is 0 Å². The number of pyridine rings is 1. The van der Waals surface area contributed by atoms with Gasteiger partial charge in [-0.1, -0.05) is 30.3 Å². The number of nitrogens with zero attached hydrogens (tertiary/aromatic N) is 1. The van der Waals surface area contributed by atoms with Crippen LogP contribution in [-0.4, -0.2) is 19.2 Å².